The molecule has 26 heavy (non-hydrogen) atoms. The van der Waals surface area contributed by atoms with E-state index in [1.807, 2.05) is 12.1 Å². The second-order valence-corrected chi connectivity index (χ2v) is 7.75. The summed E-state index contributed by atoms with van der Waals surface area (Å²) >= 11 is 0. The molecule has 0 saturated carbocycles. The van der Waals surface area contributed by atoms with Crippen molar-refractivity contribution >= 4 is 5.69 Å². The first-order valence-corrected chi connectivity index (χ1v) is 9.56. The van der Waals surface area contributed by atoms with Gasteiger partial charge in [-0.25, -0.2) is 0 Å². The zero-order valence-corrected chi connectivity index (χ0v) is 15.9. The highest BCUT2D eigenvalue weighted by Crippen LogP contribution is 2.37. The van der Waals surface area contributed by atoms with Crippen LogP contribution in [0, 0.1) is 0 Å². The maximum Gasteiger partial charge on any atom is 0.212 e. The van der Waals surface area contributed by atoms with Crippen molar-refractivity contribution in [2.24, 2.45) is 0 Å². The minimum atomic E-state index is -1.72. The lowest BCUT2D eigenvalue weighted by Gasteiger charge is -2.41. The Morgan fingerprint density at radius 2 is 1.88 bits per heavy atom. The molecule has 0 amide bonds. The summed E-state index contributed by atoms with van der Waals surface area (Å²) in [7, 11) is 0. The SMILES string of the molecule is CCCCCc1ccc(NC[C@@]2(O)OC[C@H]3OC(C)(C)O[C@H]3[C@@H]2O)cc1. The Kier molecular flexibility index (Phi) is 5.89. The molecule has 2 aliphatic rings. The number of hydrogen-bond donors (Lipinski definition) is 3. The molecule has 0 aliphatic carbocycles. The molecule has 1 aromatic carbocycles. The molecular weight excluding hydrogens is 334 g/mol. The monoisotopic (exact) mass is 365 g/mol. The Morgan fingerprint density at radius 3 is 2.58 bits per heavy atom. The standard InChI is InChI=1S/C20H31NO5/c1-4-5-6-7-14-8-10-15(11-9-14)21-13-20(23)18(22)17-16(12-24-20)25-19(2,3)26-17/h8-11,16-18,21-23H,4-7,12-13H2,1-3H3/t16-,17-,18+,20-/m1/s1. The Balaban J connectivity index is 1.55. The summed E-state index contributed by atoms with van der Waals surface area (Å²) in [6.07, 6.45) is 2.57. The van der Waals surface area contributed by atoms with E-state index in [0.29, 0.717) is 0 Å². The van der Waals surface area contributed by atoms with E-state index in [-0.39, 0.29) is 19.3 Å². The zero-order chi connectivity index (χ0) is 18.8. The van der Waals surface area contributed by atoms with E-state index < -0.39 is 23.8 Å². The molecule has 4 atom stereocenters. The predicted octanol–water partition coefficient (Wildman–Crippen LogP) is 2.43. The second-order valence-electron chi connectivity index (χ2n) is 7.75. The van der Waals surface area contributed by atoms with E-state index in [9.17, 15) is 10.2 Å². The van der Waals surface area contributed by atoms with Crippen LogP contribution in [0.25, 0.3) is 0 Å². The third kappa shape index (κ3) is 4.38. The van der Waals surface area contributed by atoms with Crippen LogP contribution in [0.2, 0.25) is 0 Å². The highest BCUT2D eigenvalue weighted by Gasteiger charge is 2.56. The number of nitrogens with one attached hydrogen (secondary N) is 1. The molecular formula is C20H31NO5. The van der Waals surface area contributed by atoms with Crippen LogP contribution in [0.4, 0.5) is 5.69 Å². The van der Waals surface area contributed by atoms with Crippen molar-refractivity contribution in [2.45, 2.75) is 76.3 Å². The Morgan fingerprint density at radius 1 is 1.15 bits per heavy atom. The van der Waals surface area contributed by atoms with Crippen LogP contribution in [-0.2, 0) is 20.6 Å². The highest BCUT2D eigenvalue weighted by molar-refractivity contribution is 5.45. The van der Waals surface area contributed by atoms with Crippen molar-refractivity contribution < 1.29 is 24.4 Å². The smallest absolute Gasteiger partial charge is 0.212 e. The zero-order valence-electron chi connectivity index (χ0n) is 15.9. The lowest BCUT2D eigenvalue weighted by Crippen LogP contribution is -2.62. The van der Waals surface area contributed by atoms with Gasteiger partial charge in [0.25, 0.3) is 0 Å². The molecule has 1 aromatic rings. The van der Waals surface area contributed by atoms with Crippen molar-refractivity contribution in [3.8, 4) is 0 Å². The Hall–Kier alpha value is -1.18. The number of aliphatic hydroxyl groups is 2. The number of unbranched alkanes of at least 4 members (excludes halogenated alkanes) is 2. The molecule has 0 aromatic heterocycles. The number of fused-ring (bicyclic) bond motifs is 1. The molecule has 0 spiro atoms. The molecule has 3 N–H and O–H groups in total. The van der Waals surface area contributed by atoms with Gasteiger partial charge in [-0.15, -0.1) is 0 Å². The summed E-state index contributed by atoms with van der Waals surface area (Å²) in [5.41, 5.74) is 2.18. The molecule has 6 heteroatoms. The fourth-order valence-electron chi connectivity index (χ4n) is 3.58. The number of anilines is 1. The number of benzene rings is 1. The number of rotatable bonds is 7. The summed E-state index contributed by atoms with van der Waals surface area (Å²) in [5, 5.41) is 24.4. The van der Waals surface area contributed by atoms with Gasteiger partial charge < -0.3 is 29.7 Å². The minimum absolute atomic E-state index is 0.0658. The fraction of sp³-hybridized carbons (Fsp3) is 0.700. The molecule has 0 unspecified atom stereocenters. The van der Waals surface area contributed by atoms with Gasteiger partial charge in [0, 0.05) is 5.69 Å². The average molecular weight is 365 g/mol. The van der Waals surface area contributed by atoms with E-state index in [4.69, 9.17) is 14.2 Å². The number of aryl methyl sites for hydroxylation is 1. The molecule has 6 nitrogen and oxygen atoms in total. The summed E-state index contributed by atoms with van der Waals surface area (Å²) < 4.78 is 17.0. The van der Waals surface area contributed by atoms with E-state index >= 15 is 0 Å². The number of aliphatic hydroxyl groups excluding tert-OH is 1. The van der Waals surface area contributed by atoms with Gasteiger partial charge in [0.05, 0.1) is 13.2 Å². The molecule has 2 aliphatic heterocycles. The predicted molar refractivity (Wildman–Crippen MR) is 98.9 cm³/mol. The summed E-state index contributed by atoms with van der Waals surface area (Å²) in [5.74, 6) is -2.50. The second kappa shape index (κ2) is 7.82. The van der Waals surface area contributed by atoms with Crippen LogP contribution >= 0.6 is 0 Å². The van der Waals surface area contributed by atoms with E-state index in [0.717, 1.165) is 12.1 Å². The molecule has 2 fully saturated rings. The molecule has 2 saturated heterocycles. The lowest BCUT2D eigenvalue weighted by molar-refractivity contribution is -0.298. The van der Waals surface area contributed by atoms with Crippen LogP contribution in [-0.4, -0.2) is 53.3 Å². The maximum absolute atomic E-state index is 10.7. The first kappa shape index (κ1) is 19.6. The van der Waals surface area contributed by atoms with Crippen molar-refractivity contribution in [3.63, 3.8) is 0 Å². The van der Waals surface area contributed by atoms with Crippen LogP contribution in [0.15, 0.2) is 24.3 Å². The van der Waals surface area contributed by atoms with Crippen molar-refractivity contribution in [3.05, 3.63) is 29.8 Å². The third-order valence-electron chi connectivity index (χ3n) is 5.06. The van der Waals surface area contributed by atoms with Crippen molar-refractivity contribution in [2.75, 3.05) is 18.5 Å². The molecule has 146 valence electrons. The van der Waals surface area contributed by atoms with Crippen LogP contribution < -0.4 is 5.32 Å². The summed E-state index contributed by atoms with van der Waals surface area (Å²) in [6.45, 7) is 6.02. The maximum atomic E-state index is 10.7. The third-order valence-corrected chi connectivity index (χ3v) is 5.06. The minimum Gasteiger partial charge on any atom is -0.385 e. The fourth-order valence-corrected chi connectivity index (χ4v) is 3.58. The number of ether oxygens (including phenoxy) is 3. The molecule has 3 rings (SSSR count). The normalized spacial score (nSPS) is 33.0. The molecule has 2 heterocycles. The van der Waals surface area contributed by atoms with E-state index in [1.165, 1.54) is 24.8 Å². The summed E-state index contributed by atoms with van der Waals surface area (Å²) in [6, 6.07) is 8.15. The summed E-state index contributed by atoms with van der Waals surface area (Å²) in [4.78, 5) is 0. The molecule has 0 radical (unpaired) electrons. The van der Waals surface area contributed by atoms with Crippen molar-refractivity contribution in [1.82, 2.24) is 0 Å². The molecule has 0 bridgehead atoms. The van der Waals surface area contributed by atoms with Crippen LogP contribution in [0.1, 0.15) is 45.6 Å². The topological polar surface area (TPSA) is 80.2 Å². The van der Waals surface area contributed by atoms with E-state index in [1.54, 1.807) is 13.8 Å². The first-order valence-electron chi connectivity index (χ1n) is 9.56. The van der Waals surface area contributed by atoms with Gasteiger partial charge in [-0.2, -0.15) is 0 Å². The quantitative estimate of drug-likeness (QED) is 0.644. The van der Waals surface area contributed by atoms with Crippen molar-refractivity contribution in [1.29, 1.82) is 0 Å². The van der Waals surface area contributed by atoms with Gasteiger partial charge in [-0.3, -0.25) is 0 Å². The first-order chi connectivity index (χ1) is 12.3. The van der Waals surface area contributed by atoms with Gasteiger partial charge in [0.15, 0.2) is 5.79 Å². The van der Waals surface area contributed by atoms with Gasteiger partial charge >= 0.3 is 0 Å². The van der Waals surface area contributed by atoms with Gasteiger partial charge in [0.1, 0.15) is 18.3 Å². The highest BCUT2D eigenvalue weighted by atomic mass is 16.8. The van der Waals surface area contributed by atoms with Crippen LogP contribution in [0.3, 0.4) is 0 Å². The van der Waals surface area contributed by atoms with E-state index in [2.05, 4.69) is 24.4 Å². The van der Waals surface area contributed by atoms with Crippen LogP contribution in [0.5, 0.6) is 0 Å². The average Bonchev–Trinajstić information content (AvgIpc) is 2.93. The number of hydrogen-bond acceptors (Lipinski definition) is 6. The van der Waals surface area contributed by atoms with Gasteiger partial charge in [-0.1, -0.05) is 31.9 Å². The largest absolute Gasteiger partial charge is 0.385 e. The van der Waals surface area contributed by atoms with Gasteiger partial charge in [0.2, 0.25) is 5.79 Å². The lowest BCUT2D eigenvalue weighted by atomic mass is 9.96. The van der Waals surface area contributed by atoms with Gasteiger partial charge in [-0.05, 0) is 44.4 Å². The Labute approximate surface area is 155 Å². The Bertz CT molecular complexity index is 590.